The number of nitrogens with zero attached hydrogens (tertiary/aromatic N) is 1. The minimum atomic E-state index is -0.133. The molecule has 0 saturated carbocycles. The first-order valence-electron chi connectivity index (χ1n) is 8.67. The Morgan fingerprint density at radius 2 is 1.69 bits per heavy atom. The maximum absolute atomic E-state index is 12.5. The maximum Gasteiger partial charge on any atom is 0.255 e. The molecule has 4 rings (SSSR count). The number of hydrogen-bond donors (Lipinski definition) is 1. The van der Waals surface area contributed by atoms with Crippen LogP contribution in [-0.4, -0.2) is 17.6 Å². The van der Waals surface area contributed by atoms with E-state index in [-0.39, 0.29) is 5.91 Å². The number of aryl methyl sites for hydroxylation is 1. The first-order chi connectivity index (χ1) is 12.7. The fourth-order valence-corrected chi connectivity index (χ4v) is 3.42. The lowest BCUT2D eigenvalue weighted by molar-refractivity contribution is 0.102. The molecule has 0 fully saturated rings. The van der Waals surface area contributed by atoms with E-state index in [1.165, 1.54) is 16.4 Å². The van der Waals surface area contributed by atoms with Crippen LogP contribution < -0.4 is 10.1 Å². The summed E-state index contributed by atoms with van der Waals surface area (Å²) in [5.74, 6) is 0.599. The number of hydrogen-bond acceptors (Lipinski definition) is 2. The molecule has 0 atom stereocenters. The molecule has 0 bridgehead atoms. The van der Waals surface area contributed by atoms with E-state index in [1.807, 2.05) is 18.2 Å². The molecular formula is C22H20N2O2. The van der Waals surface area contributed by atoms with Crippen molar-refractivity contribution in [3.63, 3.8) is 0 Å². The van der Waals surface area contributed by atoms with E-state index in [0.717, 1.165) is 23.4 Å². The van der Waals surface area contributed by atoms with E-state index < -0.39 is 0 Å². The Hall–Kier alpha value is -3.27. The predicted octanol–water partition coefficient (Wildman–Crippen LogP) is 5.08. The van der Waals surface area contributed by atoms with Crippen molar-refractivity contribution < 1.29 is 9.53 Å². The molecule has 130 valence electrons. The molecule has 1 amide bonds. The van der Waals surface area contributed by atoms with Gasteiger partial charge in [-0.15, -0.1) is 0 Å². The zero-order valence-electron chi connectivity index (χ0n) is 14.8. The van der Waals surface area contributed by atoms with E-state index in [0.29, 0.717) is 5.56 Å². The Bertz CT molecular complexity index is 1090. The number of ether oxygens (including phenoxy) is 1. The van der Waals surface area contributed by atoms with Crippen LogP contribution in [0.2, 0.25) is 0 Å². The van der Waals surface area contributed by atoms with Crippen LogP contribution in [0.1, 0.15) is 17.3 Å². The fourth-order valence-electron chi connectivity index (χ4n) is 3.42. The highest BCUT2D eigenvalue weighted by Gasteiger charge is 2.11. The Labute approximate surface area is 152 Å². The normalized spacial score (nSPS) is 11.0. The summed E-state index contributed by atoms with van der Waals surface area (Å²) in [4.78, 5) is 12.5. The maximum atomic E-state index is 12.5. The highest BCUT2D eigenvalue weighted by Crippen LogP contribution is 2.31. The number of aromatic nitrogens is 1. The molecule has 0 aliphatic carbocycles. The summed E-state index contributed by atoms with van der Waals surface area (Å²) < 4.78 is 7.43. The SMILES string of the molecule is CCn1c2ccccc2c2cc(NC(=O)c3ccc(OC)cc3)ccc21. The van der Waals surface area contributed by atoms with Crippen molar-refractivity contribution >= 4 is 33.4 Å². The molecule has 4 aromatic rings. The van der Waals surface area contributed by atoms with Gasteiger partial charge in [0.2, 0.25) is 0 Å². The zero-order valence-corrected chi connectivity index (χ0v) is 14.8. The van der Waals surface area contributed by atoms with E-state index in [1.54, 1.807) is 31.4 Å². The average molecular weight is 344 g/mol. The Kier molecular flexibility index (Phi) is 4.09. The van der Waals surface area contributed by atoms with Gasteiger partial charge in [0, 0.05) is 39.6 Å². The number of fused-ring (bicyclic) bond motifs is 3. The summed E-state index contributed by atoms with van der Waals surface area (Å²) in [6.07, 6.45) is 0. The van der Waals surface area contributed by atoms with Crippen molar-refractivity contribution in [2.75, 3.05) is 12.4 Å². The third-order valence-corrected chi connectivity index (χ3v) is 4.70. The predicted molar refractivity (Wildman–Crippen MR) is 106 cm³/mol. The summed E-state index contributed by atoms with van der Waals surface area (Å²) in [5, 5.41) is 5.34. The number of benzene rings is 3. The van der Waals surface area contributed by atoms with Gasteiger partial charge in [-0.3, -0.25) is 4.79 Å². The highest BCUT2D eigenvalue weighted by molar-refractivity contribution is 6.11. The van der Waals surface area contributed by atoms with Crippen molar-refractivity contribution in [3.8, 4) is 5.75 Å². The first kappa shape index (κ1) is 16.2. The lowest BCUT2D eigenvalue weighted by atomic mass is 10.1. The number of amides is 1. The summed E-state index contributed by atoms with van der Waals surface area (Å²) in [7, 11) is 1.61. The second-order valence-corrected chi connectivity index (χ2v) is 6.18. The molecular weight excluding hydrogens is 324 g/mol. The molecule has 0 unspecified atom stereocenters. The van der Waals surface area contributed by atoms with Crippen molar-refractivity contribution in [2.45, 2.75) is 13.5 Å². The van der Waals surface area contributed by atoms with Gasteiger partial charge in [0.15, 0.2) is 0 Å². The minimum Gasteiger partial charge on any atom is -0.497 e. The zero-order chi connectivity index (χ0) is 18.1. The molecule has 26 heavy (non-hydrogen) atoms. The summed E-state index contributed by atoms with van der Waals surface area (Å²) in [6.45, 7) is 3.05. The molecule has 0 saturated heterocycles. The van der Waals surface area contributed by atoms with Gasteiger partial charge < -0.3 is 14.6 Å². The van der Waals surface area contributed by atoms with Crippen molar-refractivity contribution in [1.82, 2.24) is 4.57 Å². The Balaban J connectivity index is 1.71. The molecule has 1 aromatic heterocycles. The van der Waals surface area contributed by atoms with Crippen LogP contribution in [0.4, 0.5) is 5.69 Å². The largest absolute Gasteiger partial charge is 0.497 e. The summed E-state index contributed by atoms with van der Waals surface area (Å²) in [5.41, 5.74) is 3.78. The van der Waals surface area contributed by atoms with E-state index in [2.05, 4.69) is 41.1 Å². The third-order valence-electron chi connectivity index (χ3n) is 4.70. The molecule has 0 aliphatic heterocycles. The van der Waals surface area contributed by atoms with Crippen LogP contribution in [0.15, 0.2) is 66.7 Å². The summed E-state index contributed by atoms with van der Waals surface area (Å²) >= 11 is 0. The molecule has 0 aliphatic rings. The minimum absolute atomic E-state index is 0.133. The quantitative estimate of drug-likeness (QED) is 0.561. The highest BCUT2D eigenvalue weighted by atomic mass is 16.5. The number of para-hydroxylation sites is 1. The van der Waals surface area contributed by atoms with E-state index in [9.17, 15) is 4.79 Å². The van der Waals surface area contributed by atoms with Gasteiger partial charge >= 0.3 is 0 Å². The van der Waals surface area contributed by atoms with Gasteiger partial charge in [0.05, 0.1) is 7.11 Å². The monoisotopic (exact) mass is 344 g/mol. The second-order valence-electron chi connectivity index (χ2n) is 6.18. The molecule has 0 spiro atoms. The number of nitrogens with one attached hydrogen (secondary N) is 1. The van der Waals surface area contributed by atoms with Gasteiger partial charge in [-0.25, -0.2) is 0 Å². The number of carbonyl (C=O) groups is 1. The molecule has 3 aromatic carbocycles. The Morgan fingerprint density at radius 1 is 0.962 bits per heavy atom. The van der Waals surface area contributed by atoms with Crippen LogP contribution in [0.3, 0.4) is 0 Å². The lowest BCUT2D eigenvalue weighted by Crippen LogP contribution is -2.11. The van der Waals surface area contributed by atoms with Gasteiger partial charge in [-0.1, -0.05) is 18.2 Å². The standard InChI is InChI=1S/C22H20N2O2/c1-3-24-20-7-5-4-6-18(20)19-14-16(10-13-21(19)24)23-22(25)15-8-11-17(26-2)12-9-15/h4-14H,3H2,1-2H3,(H,23,25). The second kappa shape index (κ2) is 6.56. The van der Waals surface area contributed by atoms with E-state index in [4.69, 9.17) is 4.74 Å². The van der Waals surface area contributed by atoms with Gasteiger partial charge in [0.1, 0.15) is 5.75 Å². The first-order valence-corrected chi connectivity index (χ1v) is 8.67. The van der Waals surface area contributed by atoms with E-state index >= 15 is 0 Å². The number of carbonyl (C=O) groups excluding carboxylic acids is 1. The molecule has 1 heterocycles. The average Bonchev–Trinajstić information content (AvgIpc) is 3.01. The topological polar surface area (TPSA) is 43.3 Å². The van der Waals surface area contributed by atoms with Gasteiger partial charge in [-0.2, -0.15) is 0 Å². The molecule has 1 N–H and O–H groups in total. The van der Waals surface area contributed by atoms with Crippen LogP contribution in [0, 0.1) is 0 Å². The van der Waals surface area contributed by atoms with Gasteiger partial charge in [0.25, 0.3) is 5.91 Å². The number of rotatable bonds is 4. The van der Waals surface area contributed by atoms with Crippen LogP contribution >= 0.6 is 0 Å². The Morgan fingerprint density at radius 3 is 2.42 bits per heavy atom. The van der Waals surface area contributed by atoms with Crippen LogP contribution in [0.25, 0.3) is 21.8 Å². The lowest BCUT2D eigenvalue weighted by Gasteiger charge is -2.07. The third kappa shape index (κ3) is 2.69. The number of anilines is 1. The van der Waals surface area contributed by atoms with Gasteiger partial charge in [-0.05, 0) is 55.5 Å². The fraction of sp³-hybridized carbons (Fsp3) is 0.136. The van der Waals surface area contributed by atoms with Crippen molar-refractivity contribution in [2.24, 2.45) is 0 Å². The molecule has 0 radical (unpaired) electrons. The van der Waals surface area contributed by atoms with Crippen molar-refractivity contribution in [1.29, 1.82) is 0 Å². The smallest absolute Gasteiger partial charge is 0.255 e. The van der Waals surface area contributed by atoms with Crippen LogP contribution in [-0.2, 0) is 6.54 Å². The molecule has 4 nitrogen and oxygen atoms in total. The number of methoxy groups -OCH3 is 1. The van der Waals surface area contributed by atoms with Crippen LogP contribution in [0.5, 0.6) is 5.75 Å². The summed E-state index contributed by atoms with van der Waals surface area (Å²) in [6, 6.07) is 21.5. The molecule has 4 heteroatoms. The van der Waals surface area contributed by atoms with Crippen molar-refractivity contribution in [3.05, 3.63) is 72.3 Å².